The number of benzene rings is 2. The molecule has 4 aromatic rings. The van der Waals surface area contributed by atoms with Crippen LogP contribution in [0.15, 0.2) is 81.4 Å². The summed E-state index contributed by atoms with van der Waals surface area (Å²) in [4.78, 5) is 22.6. The van der Waals surface area contributed by atoms with E-state index < -0.39 is 17.7 Å². The van der Waals surface area contributed by atoms with E-state index in [-0.39, 0.29) is 37.0 Å². The highest BCUT2D eigenvalue weighted by atomic mass is 19.1. The van der Waals surface area contributed by atoms with Gasteiger partial charge in [0.15, 0.2) is 11.5 Å². The van der Waals surface area contributed by atoms with E-state index in [0.29, 0.717) is 35.6 Å². The summed E-state index contributed by atoms with van der Waals surface area (Å²) in [5, 5.41) is 18.4. The number of halogens is 2. The molecule has 1 N–H and O–H groups in total. The number of hydrogen-bond donors (Lipinski definition) is 1. The zero-order chi connectivity index (χ0) is 27.9. The molecule has 2 aliphatic heterocycles. The van der Waals surface area contributed by atoms with Gasteiger partial charge in [-0.15, -0.1) is 0 Å². The minimum absolute atomic E-state index is 0.114. The van der Waals surface area contributed by atoms with Crippen molar-refractivity contribution in [2.45, 2.75) is 38.0 Å². The zero-order valence-electron chi connectivity index (χ0n) is 21.7. The lowest BCUT2D eigenvalue weighted by Gasteiger charge is -2.42. The van der Waals surface area contributed by atoms with E-state index in [4.69, 9.17) is 4.52 Å². The molecule has 0 radical (unpaired) electrons. The first-order valence-electron chi connectivity index (χ1n) is 12.9. The average molecular weight is 545 g/mol. The Labute approximate surface area is 228 Å². The second-order valence-electron chi connectivity index (χ2n) is 10.1. The van der Waals surface area contributed by atoms with Gasteiger partial charge in [-0.1, -0.05) is 47.6 Å². The van der Waals surface area contributed by atoms with Crippen LogP contribution >= 0.6 is 0 Å². The van der Waals surface area contributed by atoms with Gasteiger partial charge in [-0.3, -0.25) is 14.5 Å². The van der Waals surface area contributed by atoms with Gasteiger partial charge >= 0.3 is 5.97 Å². The molecule has 1 unspecified atom stereocenters. The highest BCUT2D eigenvalue weighted by Gasteiger charge is 2.42. The van der Waals surface area contributed by atoms with Crippen molar-refractivity contribution in [1.82, 2.24) is 19.8 Å². The van der Waals surface area contributed by atoms with Crippen molar-refractivity contribution < 1.29 is 23.2 Å². The molecular weight excluding hydrogens is 518 g/mol. The van der Waals surface area contributed by atoms with Crippen molar-refractivity contribution in [3.05, 3.63) is 95.1 Å². The monoisotopic (exact) mass is 544 g/mol. The molecule has 0 amide bonds. The summed E-state index contributed by atoms with van der Waals surface area (Å²) >= 11 is 0. The lowest BCUT2D eigenvalue weighted by Crippen LogP contribution is -2.52. The Balaban J connectivity index is 1.40. The summed E-state index contributed by atoms with van der Waals surface area (Å²) in [6.07, 6.45) is 1.85. The quantitative estimate of drug-likeness (QED) is 0.377. The van der Waals surface area contributed by atoms with Gasteiger partial charge in [0.2, 0.25) is 0 Å². The van der Waals surface area contributed by atoms with Crippen molar-refractivity contribution >= 4 is 17.6 Å². The topological polar surface area (TPSA) is 109 Å². The summed E-state index contributed by atoms with van der Waals surface area (Å²) in [5.74, 6) is -1.04. The van der Waals surface area contributed by atoms with E-state index >= 15 is 4.39 Å². The molecule has 2 atom stereocenters. The largest absolute Gasteiger partial charge is 0.481 e. The second kappa shape index (κ2) is 10.1. The predicted octanol–water partition coefficient (Wildman–Crippen LogP) is 4.69. The summed E-state index contributed by atoms with van der Waals surface area (Å²) in [6.45, 7) is 1.72. The molecule has 0 bridgehead atoms. The van der Waals surface area contributed by atoms with E-state index in [1.54, 1.807) is 39.9 Å². The average Bonchev–Trinajstić information content (AvgIpc) is 3.61. The third-order valence-corrected chi connectivity index (χ3v) is 7.24. The molecule has 0 spiro atoms. The van der Waals surface area contributed by atoms with E-state index in [2.05, 4.69) is 20.2 Å². The highest BCUT2D eigenvalue weighted by molar-refractivity contribution is 6.10. The van der Waals surface area contributed by atoms with Crippen LogP contribution in [0.1, 0.15) is 41.8 Å². The standard InChI is InChI=1S/C29H26F2N6O3/c1-29(31)17-32-27(33-28(29)36-12-10-18-6-2-4-8-20(18)24(36)15-26(38)39)23-14-25(22-11-13-40-35-22)37(34-23)16-19-7-3-5-9-21(19)30/h2-9,11,13-14,24H,10,12,15-17H2,1H3,(H,38,39)/t24-,29?/m1/s1. The Morgan fingerprint density at radius 3 is 2.73 bits per heavy atom. The second-order valence-corrected chi connectivity index (χ2v) is 10.1. The molecule has 0 saturated heterocycles. The third-order valence-electron chi connectivity index (χ3n) is 7.24. The van der Waals surface area contributed by atoms with Gasteiger partial charge in [-0.2, -0.15) is 5.10 Å². The Bertz CT molecular complexity index is 1630. The van der Waals surface area contributed by atoms with Crippen LogP contribution in [0, 0.1) is 5.82 Å². The number of carboxylic acid groups (broad SMARTS) is 1. The normalized spacial score (nSPS) is 20.6. The molecule has 0 fully saturated rings. The van der Waals surface area contributed by atoms with Crippen LogP contribution in [0.4, 0.5) is 8.78 Å². The van der Waals surface area contributed by atoms with Crippen molar-refractivity contribution in [2.75, 3.05) is 13.1 Å². The number of aliphatic carboxylic acids is 1. The van der Waals surface area contributed by atoms with Gasteiger partial charge in [0.1, 0.15) is 29.3 Å². The molecule has 6 rings (SSSR count). The summed E-state index contributed by atoms with van der Waals surface area (Å²) in [6, 6.07) is 16.8. The Kier molecular flexibility index (Phi) is 6.49. The van der Waals surface area contributed by atoms with Gasteiger partial charge in [0.05, 0.1) is 31.2 Å². The number of hydrogen-bond acceptors (Lipinski definition) is 7. The van der Waals surface area contributed by atoms with Crippen molar-refractivity contribution in [1.29, 1.82) is 0 Å². The van der Waals surface area contributed by atoms with Crippen LogP contribution in [0.3, 0.4) is 0 Å². The zero-order valence-corrected chi connectivity index (χ0v) is 21.7. The fraction of sp³-hybridized carbons (Fsp3) is 0.276. The maximum Gasteiger partial charge on any atom is 0.305 e. The van der Waals surface area contributed by atoms with Crippen LogP contribution in [0.25, 0.3) is 11.4 Å². The van der Waals surface area contributed by atoms with Gasteiger partial charge < -0.3 is 14.5 Å². The van der Waals surface area contributed by atoms with Crippen LogP contribution in [0.5, 0.6) is 0 Å². The molecule has 2 aromatic heterocycles. The summed E-state index contributed by atoms with van der Waals surface area (Å²) < 4.78 is 37.1. The lowest BCUT2D eigenvalue weighted by atomic mass is 9.89. The fourth-order valence-electron chi connectivity index (χ4n) is 5.32. The third kappa shape index (κ3) is 4.78. The predicted molar refractivity (Wildman–Crippen MR) is 143 cm³/mol. The van der Waals surface area contributed by atoms with E-state index in [1.165, 1.54) is 19.3 Å². The minimum atomic E-state index is -1.92. The molecule has 0 saturated carbocycles. The van der Waals surface area contributed by atoms with Crippen molar-refractivity contribution in [3.63, 3.8) is 0 Å². The highest BCUT2D eigenvalue weighted by Crippen LogP contribution is 2.36. The number of nitrogens with zero attached hydrogens (tertiary/aromatic N) is 6. The molecule has 11 heteroatoms. The first-order valence-corrected chi connectivity index (χ1v) is 12.9. The lowest BCUT2D eigenvalue weighted by molar-refractivity contribution is -0.138. The number of amidine groups is 2. The Hall–Kier alpha value is -4.67. The first-order chi connectivity index (χ1) is 19.3. The summed E-state index contributed by atoms with van der Waals surface area (Å²) in [5.41, 5.74) is 1.79. The van der Waals surface area contributed by atoms with Crippen molar-refractivity contribution in [2.24, 2.45) is 9.98 Å². The minimum Gasteiger partial charge on any atom is -0.481 e. The number of aromatic nitrogens is 3. The number of rotatable bonds is 6. The number of carbonyl (C=O) groups is 1. The number of carboxylic acids is 1. The molecule has 2 aromatic carbocycles. The molecule has 204 valence electrons. The van der Waals surface area contributed by atoms with Crippen molar-refractivity contribution in [3.8, 4) is 11.4 Å². The molecule has 0 aliphatic carbocycles. The number of fused-ring (bicyclic) bond motifs is 1. The summed E-state index contributed by atoms with van der Waals surface area (Å²) in [7, 11) is 0. The fourth-order valence-corrected chi connectivity index (χ4v) is 5.32. The molecule has 4 heterocycles. The van der Waals surface area contributed by atoms with E-state index in [1.807, 2.05) is 24.3 Å². The molecule has 40 heavy (non-hydrogen) atoms. The van der Waals surface area contributed by atoms with E-state index in [9.17, 15) is 14.3 Å². The van der Waals surface area contributed by atoms with Gasteiger partial charge in [-0.25, -0.2) is 13.8 Å². The molecular formula is C29H26F2N6O3. The maximum absolute atomic E-state index is 16.0. The number of alkyl halides is 1. The Morgan fingerprint density at radius 1 is 1.15 bits per heavy atom. The SMILES string of the molecule is CC1(F)CN=C(c2cc(-c3ccon3)n(Cc3ccccc3F)n2)N=C1N1CCc2ccccc2[C@H]1CC(=O)O. The first kappa shape index (κ1) is 25.6. The maximum atomic E-state index is 16.0. The molecule has 2 aliphatic rings. The molecule has 9 nitrogen and oxygen atoms in total. The Morgan fingerprint density at radius 2 is 1.95 bits per heavy atom. The number of aliphatic imine (C=N–C) groups is 2. The van der Waals surface area contributed by atoms with Crippen LogP contribution < -0.4 is 0 Å². The van der Waals surface area contributed by atoms with Gasteiger partial charge in [0, 0.05) is 18.2 Å². The van der Waals surface area contributed by atoms with Crippen LogP contribution in [-0.4, -0.2) is 61.3 Å². The smallest absolute Gasteiger partial charge is 0.305 e. The van der Waals surface area contributed by atoms with Gasteiger partial charge in [-0.05, 0) is 36.6 Å². The van der Waals surface area contributed by atoms with Crippen LogP contribution in [-0.2, 0) is 17.8 Å². The van der Waals surface area contributed by atoms with E-state index in [0.717, 1.165) is 11.1 Å². The van der Waals surface area contributed by atoms with Crippen LogP contribution in [0.2, 0.25) is 0 Å². The van der Waals surface area contributed by atoms with Gasteiger partial charge in [0.25, 0.3) is 0 Å².